The molecule has 3 aromatic rings. The first kappa shape index (κ1) is 17.1. The molecule has 0 saturated carbocycles. The second-order valence-corrected chi connectivity index (χ2v) is 9.30. The van der Waals surface area contributed by atoms with E-state index in [9.17, 15) is 8.42 Å². The Labute approximate surface area is 162 Å². The summed E-state index contributed by atoms with van der Waals surface area (Å²) in [5.74, 6) is 1.05. The summed E-state index contributed by atoms with van der Waals surface area (Å²) in [5, 5.41) is 4.23. The zero-order valence-corrected chi connectivity index (χ0v) is 16.1. The standard InChI is InChI=1S/C19H18N6O2S/c1-24-11-14(10-22-24)13-2-3-16-15(8-13)19(23-16)17-9-18(21-12-20-17)25-4-6-28(26,27)7-5-25/h2-3,8-12H,4-7H2,1H3. The summed E-state index contributed by atoms with van der Waals surface area (Å²) in [7, 11) is -1.03. The van der Waals surface area contributed by atoms with Gasteiger partial charge >= 0.3 is 0 Å². The van der Waals surface area contributed by atoms with Gasteiger partial charge in [0, 0.05) is 43.5 Å². The van der Waals surface area contributed by atoms with Gasteiger partial charge in [0.1, 0.15) is 12.1 Å². The highest BCUT2D eigenvalue weighted by molar-refractivity contribution is 7.91. The number of benzene rings is 1. The van der Waals surface area contributed by atoms with Crippen LogP contribution in [0.5, 0.6) is 0 Å². The van der Waals surface area contributed by atoms with Crippen LogP contribution in [0.2, 0.25) is 0 Å². The Morgan fingerprint density at radius 2 is 1.86 bits per heavy atom. The summed E-state index contributed by atoms with van der Waals surface area (Å²) in [5.41, 5.74) is 5.69. The summed E-state index contributed by atoms with van der Waals surface area (Å²) in [6.07, 6.45) is 5.33. The molecule has 5 rings (SSSR count). The van der Waals surface area contributed by atoms with Crippen LogP contribution in [-0.2, 0) is 16.9 Å². The van der Waals surface area contributed by atoms with E-state index in [1.165, 1.54) is 6.33 Å². The Bertz CT molecular complexity index is 1200. The fourth-order valence-corrected chi connectivity index (χ4v) is 4.69. The molecule has 0 radical (unpaired) electrons. The Morgan fingerprint density at radius 1 is 1.04 bits per heavy atom. The number of aryl methyl sites for hydroxylation is 1. The number of hydrogen-bond acceptors (Lipinski definition) is 7. The smallest absolute Gasteiger partial charge is 0.153 e. The van der Waals surface area contributed by atoms with Crippen LogP contribution in [-0.4, -0.2) is 58.5 Å². The van der Waals surface area contributed by atoms with E-state index < -0.39 is 9.84 Å². The summed E-state index contributed by atoms with van der Waals surface area (Å²) < 4.78 is 25.1. The number of aliphatic imine (C=N–C) groups is 1. The van der Waals surface area contributed by atoms with Crippen LogP contribution < -0.4 is 4.90 Å². The number of nitrogens with zero attached hydrogens (tertiary/aromatic N) is 6. The van der Waals surface area contributed by atoms with Crippen molar-refractivity contribution in [2.45, 2.75) is 0 Å². The van der Waals surface area contributed by atoms with Gasteiger partial charge < -0.3 is 4.90 Å². The van der Waals surface area contributed by atoms with E-state index >= 15 is 0 Å². The Balaban J connectivity index is 1.43. The molecule has 0 N–H and O–H groups in total. The molecule has 8 nitrogen and oxygen atoms in total. The molecule has 0 aliphatic carbocycles. The van der Waals surface area contributed by atoms with Crippen molar-refractivity contribution in [1.29, 1.82) is 0 Å². The van der Waals surface area contributed by atoms with Gasteiger partial charge in [0.25, 0.3) is 0 Å². The molecule has 0 atom stereocenters. The van der Waals surface area contributed by atoms with E-state index in [0.717, 1.165) is 39.6 Å². The van der Waals surface area contributed by atoms with Crippen molar-refractivity contribution in [2.75, 3.05) is 29.5 Å². The highest BCUT2D eigenvalue weighted by atomic mass is 32.2. The van der Waals surface area contributed by atoms with Crippen molar-refractivity contribution in [3.05, 3.63) is 54.2 Å². The Morgan fingerprint density at radius 3 is 2.61 bits per heavy atom. The molecule has 1 saturated heterocycles. The largest absolute Gasteiger partial charge is 0.354 e. The zero-order chi connectivity index (χ0) is 19.3. The van der Waals surface area contributed by atoms with Gasteiger partial charge in [-0.2, -0.15) is 5.10 Å². The molecular formula is C19H18N6O2S. The van der Waals surface area contributed by atoms with Crippen LogP contribution in [0.1, 0.15) is 11.3 Å². The first-order chi connectivity index (χ1) is 13.5. The lowest BCUT2D eigenvalue weighted by Gasteiger charge is -2.28. The van der Waals surface area contributed by atoms with E-state index in [-0.39, 0.29) is 11.5 Å². The maximum Gasteiger partial charge on any atom is 0.153 e. The highest BCUT2D eigenvalue weighted by Crippen LogP contribution is 2.36. The van der Waals surface area contributed by atoms with Crippen molar-refractivity contribution < 1.29 is 8.42 Å². The second kappa shape index (κ2) is 6.23. The van der Waals surface area contributed by atoms with Gasteiger partial charge in [-0.1, -0.05) is 6.07 Å². The fourth-order valence-electron chi connectivity index (χ4n) is 3.49. The fraction of sp³-hybridized carbons (Fsp3) is 0.263. The van der Waals surface area contributed by atoms with Crippen LogP contribution in [0.15, 0.2) is 48.0 Å². The third-order valence-electron chi connectivity index (χ3n) is 5.09. The lowest BCUT2D eigenvalue weighted by atomic mass is 9.95. The second-order valence-electron chi connectivity index (χ2n) is 7.00. The van der Waals surface area contributed by atoms with Gasteiger partial charge in [-0.3, -0.25) is 4.68 Å². The maximum absolute atomic E-state index is 11.7. The van der Waals surface area contributed by atoms with Crippen molar-refractivity contribution >= 4 is 27.1 Å². The maximum atomic E-state index is 11.7. The SMILES string of the molecule is Cn1cc(-c2ccc3c(c2)C(c2cc(N4CCS(=O)(=O)CC4)ncn2)=N3)cn1. The third-order valence-corrected chi connectivity index (χ3v) is 6.69. The summed E-state index contributed by atoms with van der Waals surface area (Å²) in [6.45, 7) is 0.903. The van der Waals surface area contributed by atoms with Crippen LogP contribution in [0.3, 0.4) is 0 Å². The molecule has 4 heterocycles. The van der Waals surface area contributed by atoms with Crippen LogP contribution in [0, 0.1) is 0 Å². The Hall–Kier alpha value is -3.07. The third kappa shape index (κ3) is 2.97. The molecule has 2 aliphatic heterocycles. The van der Waals surface area contributed by atoms with Crippen LogP contribution in [0.4, 0.5) is 11.5 Å². The van der Waals surface area contributed by atoms with Crippen LogP contribution in [0.25, 0.3) is 11.1 Å². The minimum Gasteiger partial charge on any atom is -0.354 e. The summed E-state index contributed by atoms with van der Waals surface area (Å²) in [4.78, 5) is 15.3. The topological polar surface area (TPSA) is 93.3 Å². The van der Waals surface area contributed by atoms with Gasteiger partial charge in [-0.25, -0.2) is 23.4 Å². The molecule has 9 heteroatoms. The quantitative estimate of drug-likeness (QED) is 0.524. The van der Waals surface area contributed by atoms with Crippen molar-refractivity contribution in [3.63, 3.8) is 0 Å². The lowest BCUT2D eigenvalue weighted by molar-refractivity contribution is 0.586. The van der Waals surface area contributed by atoms with Crippen molar-refractivity contribution in [2.24, 2.45) is 12.0 Å². The summed E-state index contributed by atoms with van der Waals surface area (Å²) >= 11 is 0. The first-order valence-corrected chi connectivity index (χ1v) is 10.8. The lowest BCUT2D eigenvalue weighted by Crippen LogP contribution is -2.40. The van der Waals surface area contributed by atoms with Gasteiger partial charge in [0.05, 0.1) is 34.8 Å². The number of rotatable bonds is 3. The van der Waals surface area contributed by atoms with Gasteiger partial charge in [0.15, 0.2) is 9.84 Å². The number of hydrogen-bond donors (Lipinski definition) is 0. The monoisotopic (exact) mass is 394 g/mol. The van der Waals surface area contributed by atoms with Gasteiger partial charge in [-0.15, -0.1) is 0 Å². The van der Waals surface area contributed by atoms with Gasteiger partial charge in [-0.05, 0) is 17.7 Å². The highest BCUT2D eigenvalue weighted by Gasteiger charge is 2.25. The molecule has 1 fully saturated rings. The van der Waals surface area contributed by atoms with Crippen molar-refractivity contribution in [1.82, 2.24) is 19.7 Å². The van der Waals surface area contributed by atoms with E-state index in [4.69, 9.17) is 0 Å². The summed E-state index contributed by atoms with van der Waals surface area (Å²) in [6, 6.07) is 8.02. The van der Waals surface area contributed by atoms with E-state index in [1.807, 2.05) is 42.5 Å². The molecule has 0 spiro atoms. The molecular weight excluding hydrogens is 376 g/mol. The molecule has 28 heavy (non-hydrogen) atoms. The number of aromatic nitrogens is 4. The number of anilines is 1. The average molecular weight is 394 g/mol. The normalized spacial score (nSPS) is 17.6. The Kier molecular flexibility index (Phi) is 3.80. The molecule has 0 unspecified atom stereocenters. The van der Waals surface area contributed by atoms with Crippen LogP contribution >= 0.6 is 0 Å². The van der Waals surface area contributed by atoms with E-state index in [0.29, 0.717) is 13.1 Å². The van der Waals surface area contributed by atoms with E-state index in [1.54, 1.807) is 4.68 Å². The average Bonchev–Trinajstić information content (AvgIpc) is 3.09. The predicted octanol–water partition coefficient (Wildman–Crippen LogP) is 1.59. The molecule has 2 aliphatic rings. The molecule has 0 bridgehead atoms. The minimum absolute atomic E-state index is 0.157. The molecule has 1 aromatic carbocycles. The minimum atomic E-state index is -2.93. The number of sulfone groups is 1. The zero-order valence-electron chi connectivity index (χ0n) is 15.3. The molecule has 142 valence electrons. The van der Waals surface area contributed by atoms with E-state index in [2.05, 4.69) is 26.1 Å². The predicted molar refractivity (Wildman–Crippen MR) is 107 cm³/mol. The first-order valence-electron chi connectivity index (χ1n) is 8.98. The molecule has 0 amide bonds. The van der Waals surface area contributed by atoms with Gasteiger partial charge in [0.2, 0.25) is 0 Å². The van der Waals surface area contributed by atoms with Crippen molar-refractivity contribution in [3.8, 4) is 11.1 Å². The number of fused-ring (bicyclic) bond motifs is 1. The molecule has 2 aromatic heterocycles.